The third-order valence-electron chi connectivity index (χ3n) is 6.11. The van der Waals surface area contributed by atoms with Crippen LogP contribution in [0.5, 0.6) is 0 Å². The Bertz CT molecular complexity index is 879. The van der Waals surface area contributed by atoms with Gasteiger partial charge in [-0.15, -0.1) is 0 Å². The number of carbonyl (C=O) groups is 2. The van der Waals surface area contributed by atoms with Gasteiger partial charge in [0.2, 0.25) is 5.91 Å². The van der Waals surface area contributed by atoms with Crippen LogP contribution in [0, 0.1) is 5.92 Å². The summed E-state index contributed by atoms with van der Waals surface area (Å²) in [5, 5.41) is 0.909. The Morgan fingerprint density at radius 1 is 1.00 bits per heavy atom. The lowest BCUT2D eigenvalue weighted by Gasteiger charge is -2.33. The molecule has 5 nitrogen and oxygen atoms in total. The summed E-state index contributed by atoms with van der Waals surface area (Å²) in [5.41, 5.74) is 2.55. The van der Waals surface area contributed by atoms with E-state index in [9.17, 15) is 9.59 Å². The number of piperidine rings is 1. The molecule has 5 heteroatoms. The molecule has 28 heavy (non-hydrogen) atoms. The van der Waals surface area contributed by atoms with E-state index in [2.05, 4.69) is 13.8 Å². The van der Waals surface area contributed by atoms with Crippen molar-refractivity contribution in [2.24, 2.45) is 5.92 Å². The summed E-state index contributed by atoms with van der Waals surface area (Å²) in [5.74, 6) is 0.691. The zero-order valence-corrected chi connectivity index (χ0v) is 16.9. The van der Waals surface area contributed by atoms with Gasteiger partial charge in [0, 0.05) is 43.2 Å². The summed E-state index contributed by atoms with van der Waals surface area (Å²) in [6, 6.07) is 9.82. The molecule has 2 aliphatic rings. The molecule has 0 saturated carbocycles. The molecule has 0 radical (unpaired) electrons. The number of hydrogen-bond acceptors (Lipinski definition) is 3. The maximum absolute atomic E-state index is 13.3. The molecule has 2 fully saturated rings. The lowest BCUT2D eigenvalue weighted by molar-refractivity contribution is -0.135. The Morgan fingerprint density at radius 3 is 2.36 bits per heavy atom. The molecular formula is C23H29N3O2. The van der Waals surface area contributed by atoms with E-state index >= 15 is 0 Å². The van der Waals surface area contributed by atoms with Crippen molar-refractivity contribution < 1.29 is 9.59 Å². The van der Waals surface area contributed by atoms with Gasteiger partial charge in [-0.1, -0.05) is 32.0 Å². The molecule has 148 valence electrons. The summed E-state index contributed by atoms with van der Waals surface area (Å²) in [6.45, 7) is 7.30. The summed E-state index contributed by atoms with van der Waals surface area (Å²) in [7, 11) is 0. The Morgan fingerprint density at radius 2 is 1.68 bits per heavy atom. The maximum atomic E-state index is 13.3. The highest BCUT2D eigenvalue weighted by atomic mass is 16.2. The van der Waals surface area contributed by atoms with Gasteiger partial charge in [0.05, 0.1) is 11.1 Å². The zero-order valence-electron chi connectivity index (χ0n) is 16.9. The second-order valence-electron chi connectivity index (χ2n) is 8.37. The number of carbonyl (C=O) groups excluding carboxylic acids is 2. The minimum atomic E-state index is 0.0626. The van der Waals surface area contributed by atoms with Crippen LogP contribution in [-0.2, 0) is 4.79 Å². The third-order valence-corrected chi connectivity index (χ3v) is 6.11. The SMILES string of the molecule is CC(C)c1cc(C(=O)N2CCC(C(=O)N3CCCC3)CC2)c2ccccc2n1. The summed E-state index contributed by atoms with van der Waals surface area (Å²) in [4.78, 5) is 34.6. The fourth-order valence-corrected chi connectivity index (χ4v) is 4.36. The van der Waals surface area contributed by atoms with E-state index in [4.69, 9.17) is 4.98 Å². The van der Waals surface area contributed by atoms with Crippen LogP contribution in [0.4, 0.5) is 0 Å². The molecule has 2 aliphatic heterocycles. The highest BCUT2D eigenvalue weighted by molar-refractivity contribution is 6.06. The van der Waals surface area contributed by atoms with Crippen LogP contribution in [-0.4, -0.2) is 52.8 Å². The molecule has 2 aromatic rings. The van der Waals surface area contributed by atoms with E-state index in [0.717, 1.165) is 60.9 Å². The minimum absolute atomic E-state index is 0.0626. The molecule has 3 heterocycles. The Balaban J connectivity index is 1.52. The molecule has 0 spiro atoms. The number of amides is 2. The first-order chi connectivity index (χ1) is 13.5. The molecular weight excluding hydrogens is 350 g/mol. The van der Waals surface area contributed by atoms with Gasteiger partial charge < -0.3 is 9.80 Å². The van der Waals surface area contributed by atoms with Crippen LogP contribution in [0.1, 0.15) is 61.5 Å². The first kappa shape index (κ1) is 18.9. The number of para-hydroxylation sites is 1. The average Bonchev–Trinajstić information content (AvgIpc) is 3.27. The normalized spacial score (nSPS) is 18.2. The van der Waals surface area contributed by atoms with Crippen molar-refractivity contribution in [1.82, 2.24) is 14.8 Å². The van der Waals surface area contributed by atoms with Crippen molar-refractivity contribution in [1.29, 1.82) is 0 Å². The lowest BCUT2D eigenvalue weighted by Crippen LogP contribution is -2.43. The highest BCUT2D eigenvalue weighted by Gasteiger charge is 2.32. The number of benzene rings is 1. The number of aromatic nitrogens is 1. The summed E-state index contributed by atoms with van der Waals surface area (Å²) in [6.07, 6.45) is 3.77. The van der Waals surface area contributed by atoms with Crippen molar-refractivity contribution in [2.75, 3.05) is 26.2 Å². The average molecular weight is 380 g/mol. The molecule has 0 bridgehead atoms. The van der Waals surface area contributed by atoms with Gasteiger partial charge in [0.15, 0.2) is 0 Å². The maximum Gasteiger partial charge on any atom is 0.254 e. The van der Waals surface area contributed by atoms with E-state index in [-0.39, 0.29) is 17.7 Å². The molecule has 0 aliphatic carbocycles. The first-order valence-corrected chi connectivity index (χ1v) is 10.5. The fraction of sp³-hybridized carbons (Fsp3) is 0.522. The van der Waals surface area contributed by atoms with Crippen molar-refractivity contribution in [3.8, 4) is 0 Å². The Kier molecular flexibility index (Phi) is 5.33. The van der Waals surface area contributed by atoms with E-state index in [1.165, 1.54) is 0 Å². The molecule has 0 atom stereocenters. The summed E-state index contributed by atoms with van der Waals surface area (Å²) < 4.78 is 0. The smallest absolute Gasteiger partial charge is 0.254 e. The van der Waals surface area contributed by atoms with E-state index in [1.54, 1.807) is 0 Å². The quantitative estimate of drug-likeness (QED) is 0.814. The molecule has 0 N–H and O–H groups in total. The second-order valence-corrected chi connectivity index (χ2v) is 8.37. The predicted molar refractivity (Wildman–Crippen MR) is 110 cm³/mol. The van der Waals surface area contributed by atoms with Crippen molar-refractivity contribution in [2.45, 2.75) is 45.4 Å². The van der Waals surface area contributed by atoms with Gasteiger partial charge in [-0.25, -0.2) is 0 Å². The van der Waals surface area contributed by atoms with E-state index in [0.29, 0.717) is 19.0 Å². The van der Waals surface area contributed by atoms with Crippen LogP contribution in [0.2, 0.25) is 0 Å². The van der Waals surface area contributed by atoms with E-state index < -0.39 is 0 Å². The fourth-order valence-electron chi connectivity index (χ4n) is 4.36. The monoisotopic (exact) mass is 379 g/mol. The molecule has 4 rings (SSSR count). The molecule has 2 saturated heterocycles. The topological polar surface area (TPSA) is 53.5 Å². The van der Waals surface area contributed by atoms with Gasteiger partial charge in [-0.05, 0) is 43.7 Å². The molecule has 0 unspecified atom stereocenters. The van der Waals surface area contributed by atoms with Gasteiger partial charge in [-0.3, -0.25) is 14.6 Å². The van der Waals surface area contributed by atoms with Gasteiger partial charge >= 0.3 is 0 Å². The zero-order chi connectivity index (χ0) is 19.7. The number of fused-ring (bicyclic) bond motifs is 1. The van der Waals surface area contributed by atoms with Crippen LogP contribution in [0.25, 0.3) is 10.9 Å². The minimum Gasteiger partial charge on any atom is -0.342 e. The molecule has 2 amide bonds. The van der Waals surface area contributed by atoms with Crippen LogP contribution in [0.3, 0.4) is 0 Å². The third kappa shape index (κ3) is 3.62. The summed E-state index contributed by atoms with van der Waals surface area (Å²) >= 11 is 0. The standard InChI is InChI=1S/C23H29N3O2/c1-16(2)21-15-19(18-7-3-4-8-20(18)24-21)23(28)26-13-9-17(10-14-26)22(27)25-11-5-6-12-25/h3-4,7-8,15-17H,5-6,9-14H2,1-2H3. The highest BCUT2D eigenvalue weighted by Crippen LogP contribution is 2.27. The molecule has 1 aromatic carbocycles. The largest absolute Gasteiger partial charge is 0.342 e. The first-order valence-electron chi connectivity index (χ1n) is 10.5. The Hall–Kier alpha value is -2.43. The number of hydrogen-bond donors (Lipinski definition) is 0. The number of likely N-dealkylation sites (tertiary alicyclic amines) is 2. The predicted octanol–water partition coefficient (Wildman–Crippen LogP) is 3.83. The number of pyridine rings is 1. The van der Waals surface area contributed by atoms with Gasteiger partial charge in [-0.2, -0.15) is 0 Å². The Labute approximate surface area is 166 Å². The van der Waals surface area contributed by atoms with Gasteiger partial charge in [0.25, 0.3) is 5.91 Å². The molecule has 1 aromatic heterocycles. The van der Waals surface area contributed by atoms with Crippen LogP contribution in [0.15, 0.2) is 30.3 Å². The van der Waals surface area contributed by atoms with Crippen molar-refractivity contribution in [3.63, 3.8) is 0 Å². The number of nitrogens with zero attached hydrogens (tertiary/aromatic N) is 3. The van der Waals surface area contributed by atoms with Crippen molar-refractivity contribution in [3.05, 3.63) is 41.6 Å². The van der Waals surface area contributed by atoms with Crippen LogP contribution >= 0.6 is 0 Å². The lowest BCUT2D eigenvalue weighted by atomic mass is 9.94. The van der Waals surface area contributed by atoms with E-state index in [1.807, 2.05) is 40.1 Å². The number of rotatable bonds is 3. The van der Waals surface area contributed by atoms with Gasteiger partial charge in [0.1, 0.15) is 0 Å². The van der Waals surface area contributed by atoms with Crippen LogP contribution < -0.4 is 0 Å². The second kappa shape index (κ2) is 7.90. The van der Waals surface area contributed by atoms with Crippen molar-refractivity contribution >= 4 is 22.7 Å².